The zero-order valence-corrected chi connectivity index (χ0v) is 19.3. The molecule has 33 heavy (non-hydrogen) atoms. The van der Waals surface area contributed by atoms with Crippen molar-refractivity contribution in [3.8, 4) is 11.1 Å². The Bertz CT molecular complexity index is 1100. The first-order valence-electron chi connectivity index (χ1n) is 11.6. The van der Waals surface area contributed by atoms with E-state index in [9.17, 15) is 9.59 Å². The second kappa shape index (κ2) is 9.94. The van der Waals surface area contributed by atoms with Crippen molar-refractivity contribution in [2.24, 2.45) is 5.41 Å². The Morgan fingerprint density at radius 2 is 1.82 bits per heavy atom. The van der Waals surface area contributed by atoms with E-state index < -0.39 is 5.41 Å². The quantitative estimate of drug-likeness (QED) is 0.553. The van der Waals surface area contributed by atoms with Crippen molar-refractivity contribution in [3.63, 3.8) is 0 Å². The van der Waals surface area contributed by atoms with Gasteiger partial charge in [0.15, 0.2) is 0 Å². The molecule has 3 heterocycles. The first kappa shape index (κ1) is 22.6. The lowest BCUT2D eigenvalue weighted by Crippen LogP contribution is -2.47. The van der Waals surface area contributed by atoms with Crippen molar-refractivity contribution in [1.82, 2.24) is 19.8 Å². The lowest BCUT2D eigenvalue weighted by Gasteiger charge is -2.34. The summed E-state index contributed by atoms with van der Waals surface area (Å²) in [4.78, 5) is 39.0. The molecule has 0 N–H and O–H groups in total. The van der Waals surface area contributed by atoms with Gasteiger partial charge in [-0.2, -0.15) is 0 Å². The highest BCUT2D eigenvalue weighted by Crippen LogP contribution is 2.37. The van der Waals surface area contributed by atoms with Gasteiger partial charge in [-0.3, -0.25) is 19.6 Å². The minimum atomic E-state index is -0.649. The van der Waals surface area contributed by atoms with Crippen LogP contribution in [0.15, 0.2) is 73.2 Å². The van der Waals surface area contributed by atoms with Crippen LogP contribution in [0.4, 0.5) is 0 Å². The molecule has 3 aromatic rings. The minimum absolute atomic E-state index is 0.117. The molecule has 4 rings (SSSR count). The predicted octanol–water partition coefficient (Wildman–Crippen LogP) is 4.09. The maximum Gasteiger partial charge on any atom is 0.272 e. The Morgan fingerprint density at radius 3 is 2.52 bits per heavy atom. The summed E-state index contributed by atoms with van der Waals surface area (Å²) in [6, 6.07) is 17.6. The molecule has 1 fully saturated rings. The van der Waals surface area contributed by atoms with Gasteiger partial charge in [0.25, 0.3) is 5.91 Å². The molecule has 0 radical (unpaired) electrons. The Balaban J connectivity index is 1.64. The van der Waals surface area contributed by atoms with Crippen LogP contribution in [0.1, 0.15) is 36.3 Å². The van der Waals surface area contributed by atoms with Crippen LogP contribution in [0.25, 0.3) is 11.1 Å². The summed E-state index contributed by atoms with van der Waals surface area (Å²) in [5.41, 5.74) is 2.97. The van der Waals surface area contributed by atoms with Gasteiger partial charge in [-0.05, 0) is 61.6 Å². The van der Waals surface area contributed by atoms with Crippen molar-refractivity contribution < 1.29 is 9.59 Å². The van der Waals surface area contributed by atoms with Gasteiger partial charge < -0.3 is 9.80 Å². The van der Waals surface area contributed by atoms with Crippen LogP contribution in [0.3, 0.4) is 0 Å². The minimum Gasteiger partial charge on any atom is -0.343 e. The Labute approximate surface area is 195 Å². The fourth-order valence-electron chi connectivity index (χ4n) is 4.72. The van der Waals surface area contributed by atoms with Gasteiger partial charge in [0.05, 0.1) is 5.41 Å². The first-order valence-corrected chi connectivity index (χ1v) is 11.6. The van der Waals surface area contributed by atoms with Crippen LogP contribution in [0.2, 0.25) is 0 Å². The third kappa shape index (κ3) is 4.80. The third-order valence-electron chi connectivity index (χ3n) is 6.49. The number of aromatic nitrogens is 2. The highest BCUT2D eigenvalue weighted by molar-refractivity contribution is 5.93. The average Bonchev–Trinajstić information content (AvgIpc) is 3.30. The summed E-state index contributed by atoms with van der Waals surface area (Å²) in [5, 5.41) is 0. The number of pyridine rings is 2. The van der Waals surface area contributed by atoms with E-state index in [0.29, 0.717) is 44.7 Å². The molecule has 1 atom stereocenters. The highest BCUT2D eigenvalue weighted by atomic mass is 16.2. The molecule has 6 heteroatoms. The Kier molecular flexibility index (Phi) is 6.82. The molecule has 1 aromatic carbocycles. The SMILES string of the molecule is CCN(CC)C(=O)[C@@]1(Cc2cccc(-c3cccnc3)c2)CCN(C(=O)c2ccccn2)C1. The van der Waals surface area contributed by atoms with Crippen molar-refractivity contribution in [2.75, 3.05) is 26.2 Å². The monoisotopic (exact) mass is 442 g/mol. The molecule has 1 saturated heterocycles. The second-order valence-electron chi connectivity index (χ2n) is 8.57. The molecule has 0 bridgehead atoms. The number of rotatable bonds is 7. The molecule has 0 spiro atoms. The molecule has 0 saturated carbocycles. The van der Waals surface area contributed by atoms with Crippen LogP contribution < -0.4 is 0 Å². The zero-order valence-electron chi connectivity index (χ0n) is 19.3. The molecular weight excluding hydrogens is 412 g/mol. The number of carbonyl (C=O) groups is 2. The van der Waals surface area contributed by atoms with E-state index in [1.54, 1.807) is 29.4 Å². The largest absolute Gasteiger partial charge is 0.343 e. The fourth-order valence-corrected chi connectivity index (χ4v) is 4.72. The normalized spacial score (nSPS) is 17.7. The topological polar surface area (TPSA) is 66.4 Å². The van der Waals surface area contributed by atoms with E-state index >= 15 is 0 Å². The summed E-state index contributed by atoms with van der Waals surface area (Å²) in [6.45, 7) is 6.26. The van der Waals surface area contributed by atoms with Gasteiger partial charge in [-0.25, -0.2) is 0 Å². The van der Waals surface area contributed by atoms with Crippen LogP contribution in [0, 0.1) is 5.41 Å². The zero-order chi connectivity index (χ0) is 23.3. The number of carbonyl (C=O) groups excluding carboxylic acids is 2. The number of hydrogen-bond donors (Lipinski definition) is 0. The number of hydrogen-bond acceptors (Lipinski definition) is 4. The van der Waals surface area contributed by atoms with Crippen molar-refractivity contribution in [1.29, 1.82) is 0 Å². The number of amides is 2. The van der Waals surface area contributed by atoms with Gasteiger partial charge in [-0.1, -0.05) is 36.4 Å². The van der Waals surface area contributed by atoms with Gasteiger partial charge in [0.1, 0.15) is 5.69 Å². The molecular formula is C27H30N4O2. The van der Waals surface area contributed by atoms with E-state index in [1.807, 2.05) is 49.2 Å². The summed E-state index contributed by atoms with van der Waals surface area (Å²) in [5.74, 6) is 0.00420. The van der Waals surface area contributed by atoms with E-state index in [-0.39, 0.29) is 11.8 Å². The fraction of sp³-hybridized carbons (Fsp3) is 0.333. The summed E-state index contributed by atoms with van der Waals surface area (Å²) in [7, 11) is 0. The lowest BCUT2D eigenvalue weighted by atomic mass is 9.79. The van der Waals surface area contributed by atoms with Crippen LogP contribution >= 0.6 is 0 Å². The Morgan fingerprint density at radius 1 is 1.00 bits per heavy atom. The second-order valence-corrected chi connectivity index (χ2v) is 8.57. The van der Waals surface area contributed by atoms with Crippen molar-refractivity contribution >= 4 is 11.8 Å². The Hall–Kier alpha value is -3.54. The summed E-state index contributed by atoms with van der Waals surface area (Å²) < 4.78 is 0. The van der Waals surface area contributed by atoms with Crippen LogP contribution in [-0.2, 0) is 11.2 Å². The van der Waals surface area contributed by atoms with Gasteiger partial charge in [0, 0.05) is 44.8 Å². The number of nitrogens with zero attached hydrogens (tertiary/aromatic N) is 4. The standard InChI is InChI=1S/C27H30N4O2/c1-3-30(4-2)26(33)27(13-16-31(20-27)25(32)24-12-5-6-15-29-24)18-21-9-7-10-22(17-21)23-11-8-14-28-19-23/h5-12,14-15,17,19H,3-4,13,16,18,20H2,1-2H3/t27-/m1/s1. The maximum absolute atomic E-state index is 13.8. The lowest BCUT2D eigenvalue weighted by molar-refractivity contribution is -0.141. The van der Waals surface area contributed by atoms with E-state index in [2.05, 4.69) is 28.2 Å². The van der Waals surface area contributed by atoms with E-state index in [4.69, 9.17) is 0 Å². The number of likely N-dealkylation sites (tertiary alicyclic amines) is 1. The molecule has 1 aliphatic rings. The van der Waals surface area contributed by atoms with Crippen LogP contribution in [0.5, 0.6) is 0 Å². The molecule has 2 amide bonds. The van der Waals surface area contributed by atoms with E-state index in [1.165, 1.54) is 0 Å². The molecule has 2 aromatic heterocycles. The summed E-state index contributed by atoms with van der Waals surface area (Å²) >= 11 is 0. The van der Waals surface area contributed by atoms with Crippen molar-refractivity contribution in [2.45, 2.75) is 26.7 Å². The highest BCUT2D eigenvalue weighted by Gasteiger charge is 2.47. The van der Waals surface area contributed by atoms with Crippen LogP contribution in [-0.4, -0.2) is 57.8 Å². The van der Waals surface area contributed by atoms with Gasteiger partial charge in [-0.15, -0.1) is 0 Å². The summed E-state index contributed by atoms with van der Waals surface area (Å²) in [6.07, 6.45) is 6.46. The molecule has 0 aliphatic carbocycles. The van der Waals surface area contributed by atoms with Gasteiger partial charge >= 0.3 is 0 Å². The average molecular weight is 443 g/mol. The number of benzene rings is 1. The smallest absolute Gasteiger partial charge is 0.272 e. The van der Waals surface area contributed by atoms with Crippen molar-refractivity contribution in [3.05, 3.63) is 84.4 Å². The predicted molar refractivity (Wildman–Crippen MR) is 128 cm³/mol. The third-order valence-corrected chi connectivity index (χ3v) is 6.49. The maximum atomic E-state index is 13.8. The van der Waals surface area contributed by atoms with Gasteiger partial charge in [0.2, 0.25) is 5.91 Å². The molecule has 1 aliphatic heterocycles. The molecule has 170 valence electrons. The first-order chi connectivity index (χ1) is 16.1. The molecule has 6 nitrogen and oxygen atoms in total. The molecule has 0 unspecified atom stereocenters. The van der Waals surface area contributed by atoms with E-state index in [0.717, 1.165) is 16.7 Å².